The molecule has 19 heavy (non-hydrogen) atoms. The van der Waals surface area contributed by atoms with Crippen LogP contribution < -0.4 is 5.73 Å². The molecule has 0 unspecified atom stereocenters. The van der Waals surface area contributed by atoms with Gasteiger partial charge in [0.05, 0.1) is 29.2 Å². The fraction of sp³-hybridized carbons (Fsp3) is 0.0667. The van der Waals surface area contributed by atoms with Gasteiger partial charge in [-0.25, -0.2) is 4.98 Å². The van der Waals surface area contributed by atoms with Gasteiger partial charge < -0.3 is 10.3 Å². The molecule has 4 nitrogen and oxygen atoms in total. The van der Waals surface area contributed by atoms with E-state index in [0.29, 0.717) is 18.1 Å². The minimum atomic E-state index is 0.467. The Morgan fingerprint density at radius 2 is 1.95 bits per heavy atom. The topological polar surface area (TPSA) is 67.6 Å². The molecule has 0 saturated carbocycles. The van der Waals surface area contributed by atoms with Gasteiger partial charge in [0.1, 0.15) is 0 Å². The summed E-state index contributed by atoms with van der Waals surface area (Å²) in [6.07, 6.45) is 0. The lowest BCUT2D eigenvalue weighted by atomic mass is 10.2. The Bertz CT molecular complexity index is 766. The van der Waals surface area contributed by atoms with E-state index in [0.717, 1.165) is 16.6 Å². The first-order valence-electron chi connectivity index (χ1n) is 5.98. The molecule has 1 heterocycles. The number of nitriles is 1. The van der Waals surface area contributed by atoms with Crippen LogP contribution in [-0.2, 0) is 6.54 Å². The van der Waals surface area contributed by atoms with Crippen molar-refractivity contribution >= 4 is 17.0 Å². The van der Waals surface area contributed by atoms with Crippen molar-refractivity contribution < 1.29 is 0 Å². The van der Waals surface area contributed by atoms with Crippen LogP contribution in [0.25, 0.3) is 11.0 Å². The number of benzene rings is 2. The van der Waals surface area contributed by atoms with Crippen molar-refractivity contribution in [2.24, 2.45) is 0 Å². The van der Waals surface area contributed by atoms with Gasteiger partial charge in [-0.2, -0.15) is 5.26 Å². The lowest BCUT2D eigenvalue weighted by Gasteiger charge is -2.06. The molecule has 92 valence electrons. The van der Waals surface area contributed by atoms with Crippen LogP contribution in [0.4, 0.5) is 5.95 Å². The van der Waals surface area contributed by atoms with Gasteiger partial charge in [-0.3, -0.25) is 0 Å². The maximum atomic E-state index is 8.97. The number of hydrogen-bond acceptors (Lipinski definition) is 3. The summed E-state index contributed by atoms with van der Waals surface area (Å²) in [4.78, 5) is 4.32. The van der Waals surface area contributed by atoms with Crippen LogP contribution in [0.1, 0.15) is 11.1 Å². The third kappa shape index (κ3) is 2.02. The molecule has 0 bridgehead atoms. The molecule has 3 aromatic rings. The highest BCUT2D eigenvalue weighted by molar-refractivity contribution is 5.80. The van der Waals surface area contributed by atoms with Crippen molar-refractivity contribution in [2.75, 3.05) is 5.73 Å². The molecule has 0 amide bonds. The quantitative estimate of drug-likeness (QED) is 0.757. The van der Waals surface area contributed by atoms with E-state index in [1.165, 1.54) is 0 Å². The summed E-state index contributed by atoms with van der Waals surface area (Å²) in [5.74, 6) is 0.467. The summed E-state index contributed by atoms with van der Waals surface area (Å²) >= 11 is 0. The Morgan fingerprint density at radius 1 is 1.16 bits per heavy atom. The minimum absolute atomic E-state index is 0.467. The van der Waals surface area contributed by atoms with Crippen LogP contribution in [-0.4, -0.2) is 9.55 Å². The van der Waals surface area contributed by atoms with E-state index in [4.69, 9.17) is 11.0 Å². The van der Waals surface area contributed by atoms with E-state index in [1.807, 2.05) is 47.0 Å². The fourth-order valence-electron chi connectivity index (χ4n) is 2.14. The van der Waals surface area contributed by atoms with Gasteiger partial charge in [-0.1, -0.05) is 30.3 Å². The molecule has 4 heteroatoms. The molecule has 0 aliphatic heterocycles. The van der Waals surface area contributed by atoms with Gasteiger partial charge in [0, 0.05) is 0 Å². The van der Waals surface area contributed by atoms with E-state index >= 15 is 0 Å². The highest BCUT2D eigenvalue weighted by atomic mass is 15.1. The Hall–Kier alpha value is -2.80. The van der Waals surface area contributed by atoms with E-state index in [-0.39, 0.29) is 0 Å². The second kappa shape index (κ2) is 4.46. The average Bonchev–Trinajstić information content (AvgIpc) is 2.76. The Kier molecular flexibility index (Phi) is 2.66. The number of fused-ring (bicyclic) bond motifs is 1. The molecule has 0 aliphatic rings. The third-order valence-corrected chi connectivity index (χ3v) is 3.09. The van der Waals surface area contributed by atoms with Crippen LogP contribution >= 0.6 is 0 Å². The smallest absolute Gasteiger partial charge is 0.201 e. The fourth-order valence-corrected chi connectivity index (χ4v) is 2.14. The second-order valence-electron chi connectivity index (χ2n) is 4.36. The highest BCUT2D eigenvalue weighted by Crippen LogP contribution is 2.20. The van der Waals surface area contributed by atoms with E-state index in [9.17, 15) is 0 Å². The maximum Gasteiger partial charge on any atom is 0.201 e. The van der Waals surface area contributed by atoms with Gasteiger partial charge in [0.25, 0.3) is 0 Å². The predicted molar refractivity (Wildman–Crippen MR) is 74.4 cm³/mol. The van der Waals surface area contributed by atoms with Crippen molar-refractivity contribution in [3.05, 3.63) is 59.7 Å². The number of aromatic nitrogens is 2. The normalized spacial score (nSPS) is 10.5. The molecular formula is C15H12N4. The molecule has 2 N–H and O–H groups in total. The monoisotopic (exact) mass is 248 g/mol. The van der Waals surface area contributed by atoms with Crippen LogP contribution in [0.15, 0.2) is 48.5 Å². The van der Waals surface area contributed by atoms with E-state index < -0.39 is 0 Å². The van der Waals surface area contributed by atoms with Gasteiger partial charge in [-0.05, 0) is 23.8 Å². The molecule has 0 aliphatic carbocycles. The van der Waals surface area contributed by atoms with Gasteiger partial charge in [0.2, 0.25) is 5.95 Å². The van der Waals surface area contributed by atoms with Crippen molar-refractivity contribution in [3.8, 4) is 6.07 Å². The molecule has 2 aromatic carbocycles. The number of hydrogen-bond donors (Lipinski definition) is 1. The first-order valence-corrected chi connectivity index (χ1v) is 5.98. The number of nitrogens with two attached hydrogens (primary N) is 1. The first-order chi connectivity index (χ1) is 9.28. The SMILES string of the molecule is N#Cc1ccc2nc(N)n(Cc3ccccc3)c2c1. The Morgan fingerprint density at radius 3 is 2.68 bits per heavy atom. The van der Waals surface area contributed by atoms with Gasteiger partial charge in [-0.15, -0.1) is 0 Å². The number of imidazole rings is 1. The zero-order valence-electron chi connectivity index (χ0n) is 10.2. The van der Waals surface area contributed by atoms with E-state index in [1.54, 1.807) is 6.07 Å². The number of rotatable bonds is 2. The lowest BCUT2D eigenvalue weighted by Crippen LogP contribution is -2.04. The van der Waals surface area contributed by atoms with Crippen molar-refractivity contribution in [1.82, 2.24) is 9.55 Å². The third-order valence-electron chi connectivity index (χ3n) is 3.09. The Balaban J connectivity index is 2.12. The summed E-state index contributed by atoms with van der Waals surface area (Å²) < 4.78 is 1.92. The molecule has 0 spiro atoms. The molecule has 3 rings (SSSR count). The summed E-state index contributed by atoms with van der Waals surface area (Å²) in [5.41, 5.74) is 9.42. The summed E-state index contributed by atoms with van der Waals surface area (Å²) in [5, 5.41) is 8.97. The molecule has 1 aromatic heterocycles. The van der Waals surface area contributed by atoms with Crippen LogP contribution in [0, 0.1) is 11.3 Å². The summed E-state index contributed by atoms with van der Waals surface area (Å²) in [7, 11) is 0. The number of nitrogen functional groups attached to an aromatic ring is 1. The molecule has 0 atom stereocenters. The molecule has 0 fully saturated rings. The zero-order chi connectivity index (χ0) is 13.2. The van der Waals surface area contributed by atoms with Crippen LogP contribution in [0.5, 0.6) is 0 Å². The van der Waals surface area contributed by atoms with Crippen molar-refractivity contribution in [1.29, 1.82) is 5.26 Å². The number of anilines is 1. The first kappa shape index (κ1) is 11.3. The van der Waals surface area contributed by atoms with E-state index in [2.05, 4.69) is 11.1 Å². The largest absolute Gasteiger partial charge is 0.369 e. The van der Waals surface area contributed by atoms with Gasteiger partial charge in [0.15, 0.2) is 0 Å². The average molecular weight is 248 g/mol. The maximum absolute atomic E-state index is 8.97. The summed E-state index contributed by atoms with van der Waals surface area (Å²) in [6.45, 7) is 0.651. The minimum Gasteiger partial charge on any atom is -0.369 e. The number of nitrogens with zero attached hydrogens (tertiary/aromatic N) is 3. The molecule has 0 radical (unpaired) electrons. The standard InChI is InChI=1S/C15H12N4/c16-9-12-6-7-13-14(8-12)19(15(17)18-13)10-11-4-2-1-3-5-11/h1-8H,10H2,(H2,17,18). The molecular weight excluding hydrogens is 236 g/mol. The molecule has 0 saturated heterocycles. The van der Waals surface area contributed by atoms with Crippen molar-refractivity contribution in [3.63, 3.8) is 0 Å². The predicted octanol–water partition coefficient (Wildman–Crippen LogP) is 2.54. The zero-order valence-corrected chi connectivity index (χ0v) is 10.2. The Labute approximate surface area is 110 Å². The highest BCUT2D eigenvalue weighted by Gasteiger charge is 2.09. The lowest BCUT2D eigenvalue weighted by molar-refractivity contribution is 0.838. The van der Waals surface area contributed by atoms with Crippen LogP contribution in [0.2, 0.25) is 0 Å². The summed E-state index contributed by atoms with van der Waals surface area (Å²) in [6, 6.07) is 17.6. The second-order valence-corrected chi connectivity index (χ2v) is 4.36. The van der Waals surface area contributed by atoms with Gasteiger partial charge >= 0.3 is 0 Å². The van der Waals surface area contributed by atoms with Crippen LogP contribution in [0.3, 0.4) is 0 Å². The van der Waals surface area contributed by atoms with Crippen molar-refractivity contribution in [2.45, 2.75) is 6.54 Å².